The van der Waals surface area contributed by atoms with Crippen molar-refractivity contribution in [3.63, 3.8) is 0 Å². The molecule has 4 heteroatoms. The van der Waals surface area contributed by atoms with Crippen molar-refractivity contribution in [3.8, 4) is 0 Å². The Kier molecular flexibility index (Phi) is 4.24. The average molecular weight is 256 g/mol. The molecule has 0 amide bonds. The summed E-state index contributed by atoms with van der Waals surface area (Å²) in [6.07, 6.45) is 13.8. The smallest absolute Gasteiger partial charge is 0.324 e. The normalized spacial score (nSPS) is 31.4. The standard InChI is InChI=1S/C13H21O3P/c14-17(15,16)13(11-7-3-1-4-8-11)12-9-5-2-6-10-12/h1-3,5,11-13H,4,6-10H2,(H2,14,15,16). The molecule has 17 heavy (non-hydrogen) atoms. The molecule has 0 aromatic heterocycles. The Morgan fingerprint density at radius 3 is 1.71 bits per heavy atom. The zero-order chi connectivity index (χ0) is 12.3. The summed E-state index contributed by atoms with van der Waals surface area (Å²) < 4.78 is 11.8. The second kappa shape index (κ2) is 5.51. The van der Waals surface area contributed by atoms with Crippen molar-refractivity contribution in [2.24, 2.45) is 11.8 Å². The third-order valence-corrected chi connectivity index (χ3v) is 5.59. The van der Waals surface area contributed by atoms with E-state index in [1.807, 2.05) is 0 Å². The van der Waals surface area contributed by atoms with Crippen LogP contribution in [0, 0.1) is 11.8 Å². The van der Waals surface area contributed by atoms with E-state index in [0.29, 0.717) is 0 Å². The van der Waals surface area contributed by atoms with Crippen LogP contribution in [0.25, 0.3) is 0 Å². The Labute approximate surface area is 103 Å². The Balaban J connectivity index is 2.15. The van der Waals surface area contributed by atoms with Crippen molar-refractivity contribution in [2.45, 2.75) is 44.2 Å². The topological polar surface area (TPSA) is 57.5 Å². The van der Waals surface area contributed by atoms with E-state index in [4.69, 9.17) is 0 Å². The Morgan fingerprint density at radius 2 is 1.41 bits per heavy atom. The SMILES string of the molecule is O=P(O)(O)C(C1CC=CCC1)C1CC=CCC1. The van der Waals surface area contributed by atoms with Crippen molar-refractivity contribution in [1.29, 1.82) is 0 Å². The van der Waals surface area contributed by atoms with Crippen LogP contribution < -0.4 is 0 Å². The lowest BCUT2D eigenvalue weighted by atomic mass is 9.80. The molecule has 2 unspecified atom stereocenters. The van der Waals surface area contributed by atoms with E-state index >= 15 is 0 Å². The minimum absolute atomic E-state index is 0.164. The molecule has 0 spiro atoms. The van der Waals surface area contributed by atoms with Crippen LogP contribution in [0.2, 0.25) is 0 Å². The summed E-state index contributed by atoms with van der Waals surface area (Å²) in [4.78, 5) is 19.3. The van der Waals surface area contributed by atoms with Crippen molar-refractivity contribution in [2.75, 3.05) is 0 Å². The maximum absolute atomic E-state index is 11.8. The Morgan fingerprint density at radius 1 is 0.941 bits per heavy atom. The number of allylic oxidation sites excluding steroid dienone is 4. The van der Waals surface area contributed by atoms with E-state index < -0.39 is 13.3 Å². The zero-order valence-electron chi connectivity index (χ0n) is 10.0. The van der Waals surface area contributed by atoms with Crippen LogP contribution >= 0.6 is 7.60 Å². The summed E-state index contributed by atoms with van der Waals surface area (Å²) in [5.74, 6) is 0.328. The Hall–Kier alpha value is -0.370. The maximum atomic E-state index is 11.8. The highest BCUT2D eigenvalue weighted by molar-refractivity contribution is 7.52. The van der Waals surface area contributed by atoms with Gasteiger partial charge in [-0.3, -0.25) is 4.57 Å². The first kappa shape index (κ1) is 13.1. The molecule has 2 N–H and O–H groups in total. The number of hydrogen-bond donors (Lipinski definition) is 2. The molecular formula is C13H21O3P. The van der Waals surface area contributed by atoms with E-state index in [9.17, 15) is 14.4 Å². The first-order valence-electron chi connectivity index (χ1n) is 6.44. The zero-order valence-corrected chi connectivity index (χ0v) is 10.9. The summed E-state index contributed by atoms with van der Waals surface area (Å²) in [5, 5.41) is 0. The highest BCUT2D eigenvalue weighted by Crippen LogP contribution is 2.53. The quantitative estimate of drug-likeness (QED) is 0.602. The molecule has 2 atom stereocenters. The van der Waals surface area contributed by atoms with Gasteiger partial charge < -0.3 is 9.79 Å². The van der Waals surface area contributed by atoms with E-state index in [1.165, 1.54) is 0 Å². The molecule has 0 heterocycles. The summed E-state index contributed by atoms with van der Waals surface area (Å²) in [5.41, 5.74) is -0.433. The van der Waals surface area contributed by atoms with Crippen molar-refractivity contribution < 1.29 is 14.4 Å². The number of rotatable bonds is 3. The van der Waals surface area contributed by atoms with Crippen LogP contribution in [-0.2, 0) is 4.57 Å². The van der Waals surface area contributed by atoms with Gasteiger partial charge in [-0.1, -0.05) is 24.3 Å². The van der Waals surface area contributed by atoms with Crippen molar-refractivity contribution in [3.05, 3.63) is 24.3 Å². The number of hydrogen-bond acceptors (Lipinski definition) is 1. The first-order valence-corrected chi connectivity index (χ1v) is 8.12. The molecule has 0 aliphatic heterocycles. The molecule has 2 aliphatic rings. The van der Waals surface area contributed by atoms with Gasteiger partial charge in [-0.15, -0.1) is 0 Å². The van der Waals surface area contributed by atoms with Crippen LogP contribution in [0.4, 0.5) is 0 Å². The molecule has 0 saturated carbocycles. The maximum Gasteiger partial charge on any atom is 0.329 e. The molecule has 3 nitrogen and oxygen atoms in total. The molecule has 0 fully saturated rings. The van der Waals surface area contributed by atoms with Gasteiger partial charge in [0.2, 0.25) is 0 Å². The molecule has 0 aromatic rings. The molecule has 96 valence electrons. The van der Waals surface area contributed by atoms with Crippen LogP contribution in [0.3, 0.4) is 0 Å². The first-order chi connectivity index (χ1) is 8.09. The fourth-order valence-corrected chi connectivity index (χ4v) is 4.83. The lowest BCUT2D eigenvalue weighted by Gasteiger charge is -2.35. The third-order valence-electron chi connectivity index (χ3n) is 3.97. The second-order valence-corrected chi connectivity index (χ2v) is 6.94. The molecule has 2 aliphatic carbocycles. The van der Waals surface area contributed by atoms with Gasteiger partial charge >= 0.3 is 7.60 Å². The minimum Gasteiger partial charge on any atom is -0.324 e. The Bertz CT molecular complexity index is 332. The van der Waals surface area contributed by atoms with Gasteiger partial charge in [0.1, 0.15) is 0 Å². The lowest BCUT2D eigenvalue weighted by Crippen LogP contribution is -2.30. The monoisotopic (exact) mass is 256 g/mol. The van der Waals surface area contributed by atoms with Gasteiger partial charge in [0.25, 0.3) is 0 Å². The predicted octanol–water partition coefficient (Wildman–Crippen LogP) is 3.25. The molecule has 0 bridgehead atoms. The highest BCUT2D eigenvalue weighted by atomic mass is 31.2. The third kappa shape index (κ3) is 3.31. The molecule has 0 aromatic carbocycles. The van der Waals surface area contributed by atoms with E-state index in [1.54, 1.807) is 0 Å². The molecule has 2 rings (SSSR count). The molecule has 0 saturated heterocycles. The van der Waals surface area contributed by atoms with Gasteiger partial charge in [-0.25, -0.2) is 0 Å². The van der Waals surface area contributed by atoms with Gasteiger partial charge in [-0.05, 0) is 50.4 Å². The molecular weight excluding hydrogens is 235 g/mol. The van der Waals surface area contributed by atoms with Crippen molar-refractivity contribution in [1.82, 2.24) is 0 Å². The van der Waals surface area contributed by atoms with E-state index in [0.717, 1.165) is 38.5 Å². The average Bonchev–Trinajstić information content (AvgIpc) is 2.30. The summed E-state index contributed by atoms with van der Waals surface area (Å²) in [6, 6.07) is 0. The van der Waals surface area contributed by atoms with E-state index in [-0.39, 0.29) is 11.8 Å². The van der Waals surface area contributed by atoms with Crippen LogP contribution in [-0.4, -0.2) is 15.4 Å². The minimum atomic E-state index is -3.98. The second-order valence-electron chi connectivity index (χ2n) is 5.17. The molecule has 0 radical (unpaired) electrons. The fourth-order valence-electron chi connectivity index (χ4n) is 3.19. The van der Waals surface area contributed by atoms with E-state index in [2.05, 4.69) is 24.3 Å². The van der Waals surface area contributed by atoms with Crippen LogP contribution in [0.1, 0.15) is 38.5 Å². The van der Waals surface area contributed by atoms with Gasteiger partial charge in [0.15, 0.2) is 0 Å². The van der Waals surface area contributed by atoms with Gasteiger partial charge in [0, 0.05) is 0 Å². The van der Waals surface area contributed by atoms with Crippen molar-refractivity contribution >= 4 is 7.60 Å². The fraction of sp³-hybridized carbons (Fsp3) is 0.692. The summed E-state index contributed by atoms with van der Waals surface area (Å²) in [7, 11) is -3.98. The largest absolute Gasteiger partial charge is 0.329 e. The van der Waals surface area contributed by atoms with Gasteiger partial charge in [0.05, 0.1) is 5.66 Å². The highest BCUT2D eigenvalue weighted by Gasteiger charge is 2.41. The summed E-state index contributed by atoms with van der Waals surface area (Å²) in [6.45, 7) is 0. The van der Waals surface area contributed by atoms with Crippen LogP contribution in [0.15, 0.2) is 24.3 Å². The summed E-state index contributed by atoms with van der Waals surface area (Å²) >= 11 is 0. The lowest BCUT2D eigenvalue weighted by molar-refractivity contribution is 0.269. The van der Waals surface area contributed by atoms with Crippen LogP contribution in [0.5, 0.6) is 0 Å². The van der Waals surface area contributed by atoms with Gasteiger partial charge in [-0.2, -0.15) is 0 Å². The predicted molar refractivity (Wildman–Crippen MR) is 68.8 cm³/mol.